The molecule has 5 nitrogen and oxygen atoms in total. The van der Waals surface area contributed by atoms with E-state index in [0.29, 0.717) is 23.1 Å². The van der Waals surface area contributed by atoms with Crippen LogP contribution in [0.4, 0.5) is 5.69 Å². The number of aromatic amines is 1. The number of halogens is 1. The number of aromatic nitrogens is 2. The van der Waals surface area contributed by atoms with Gasteiger partial charge in [-0.05, 0) is 30.7 Å². The van der Waals surface area contributed by atoms with Crippen molar-refractivity contribution in [3.63, 3.8) is 0 Å². The Morgan fingerprint density at radius 1 is 1.43 bits per heavy atom. The minimum atomic E-state index is 0.00241. The topological polar surface area (TPSA) is 81.6 Å². The number of hydrogen-bond donors (Lipinski definition) is 2. The third-order valence-electron chi connectivity index (χ3n) is 2.90. The van der Waals surface area contributed by atoms with E-state index in [1.54, 1.807) is 0 Å². The first-order valence-electron chi connectivity index (χ1n) is 6.65. The van der Waals surface area contributed by atoms with Crippen LogP contribution in [0.2, 0.25) is 5.15 Å². The molecule has 0 spiro atoms. The summed E-state index contributed by atoms with van der Waals surface area (Å²) < 4.78 is 0. The van der Waals surface area contributed by atoms with Crippen LogP contribution in [0.15, 0.2) is 24.3 Å². The number of amides is 1. The van der Waals surface area contributed by atoms with Gasteiger partial charge in [-0.3, -0.25) is 4.79 Å². The van der Waals surface area contributed by atoms with Crippen LogP contribution in [0.25, 0.3) is 11.4 Å². The Bertz CT molecular complexity index is 670. The average molecular weight is 303 g/mol. The number of benzene rings is 1. The van der Waals surface area contributed by atoms with Crippen LogP contribution in [0, 0.1) is 11.3 Å². The molecule has 0 radical (unpaired) electrons. The Hall–Kier alpha value is -2.32. The molecule has 0 atom stereocenters. The van der Waals surface area contributed by atoms with Gasteiger partial charge in [-0.15, -0.1) is 0 Å². The van der Waals surface area contributed by atoms with E-state index in [1.165, 1.54) is 0 Å². The summed E-state index contributed by atoms with van der Waals surface area (Å²) in [7, 11) is 0. The Morgan fingerprint density at radius 3 is 2.76 bits per heavy atom. The van der Waals surface area contributed by atoms with Crippen molar-refractivity contribution in [3.05, 3.63) is 35.1 Å². The van der Waals surface area contributed by atoms with E-state index in [0.717, 1.165) is 17.7 Å². The number of imidazole rings is 1. The van der Waals surface area contributed by atoms with Gasteiger partial charge in [-0.2, -0.15) is 5.26 Å². The highest BCUT2D eigenvalue weighted by Gasteiger charge is 2.09. The quantitative estimate of drug-likeness (QED) is 0.886. The van der Waals surface area contributed by atoms with Gasteiger partial charge in [0.2, 0.25) is 5.91 Å². The molecule has 0 bridgehead atoms. The van der Waals surface area contributed by atoms with E-state index in [4.69, 9.17) is 16.9 Å². The van der Waals surface area contributed by atoms with Gasteiger partial charge < -0.3 is 10.3 Å². The fraction of sp³-hybridized carbons (Fsp3) is 0.267. The summed E-state index contributed by atoms with van der Waals surface area (Å²) in [6.07, 6.45) is 1.51. The standard InChI is InChI=1S/C15H15ClN4O/c1-2-3-13(21)18-11-6-4-10(5-7-11)15-19-12(8-9-17)14(16)20-15/h4-7H,2-3,8H2,1H3,(H,18,21)(H,19,20). The van der Waals surface area contributed by atoms with Crippen LogP contribution in [-0.2, 0) is 11.2 Å². The molecule has 108 valence electrons. The van der Waals surface area contributed by atoms with Gasteiger partial charge in [-0.1, -0.05) is 18.5 Å². The number of nitrogens with zero attached hydrogens (tertiary/aromatic N) is 2. The van der Waals surface area contributed by atoms with E-state index in [-0.39, 0.29) is 12.3 Å². The summed E-state index contributed by atoms with van der Waals surface area (Å²) in [5, 5.41) is 11.8. The Balaban J connectivity index is 2.13. The molecule has 1 amide bonds. The van der Waals surface area contributed by atoms with Gasteiger partial charge in [-0.25, -0.2) is 4.98 Å². The largest absolute Gasteiger partial charge is 0.340 e. The maximum atomic E-state index is 11.5. The first kappa shape index (κ1) is 15.1. The van der Waals surface area contributed by atoms with Crippen LogP contribution in [0.3, 0.4) is 0 Å². The summed E-state index contributed by atoms with van der Waals surface area (Å²) in [5.41, 5.74) is 2.19. The highest BCUT2D eigenvalue weighted by atomic mass is 35.5. The second kappa shape index (κ2) is 6.91. The van der Waals surface area contributed by atoms with Crippen molar-refractivity contribution in [2.24, 2.45) is 0 Å². The molecule has 0 unspecified atom stereocenters. The monoisotopic (exact) mass is 302 g/mol. The molecule has 2 rings (SSSR count). The van der Waals surface area contributed by atoms with Crippen molar-refractivity contribution < 1.29 is 4.79 Å². The number of nitriles is 1. The first-order chi connectivity index (χ1) is 10.1. The molecule has 1 heterocycles. The van der Waals surface area contributed by atoms with Crippen LogP contribution in [0.1, 0.15) is 25.5 Å². The number of anilines is 1. The summed E-state index contributed by atoms with van der Waals surface area (Å²) in [6, 6.07) is 9.33. The van der Waals surface area contributed by atoms with Crippen molar-refractivity contribution in [2.75, 3.05) is 5.32 Å². The second-order valence-corrected chi connectivity index (χ2v) is 4.92. The summed E-state index contributed by atoms with van der Waals surface area (Å²) in [6.45, 7) is 1.96. The number of carbonyl (C=O) groups excluding carboxylic acids is 1. The normalized spacial score (nSPS) is 10.1. The van der Waals surface area contributed by atoms with Gasteiger partial charge in [0.15, 0.2) is 5.15 Å². The predicted octanol–water partition coefficient (Wildman–Crippen LogP) is 3.53. The molecule has 0 saturated carbocycles. The molecular formula is C15H15ClN4O. The number of hydrogen-bond acceptors (Lipinski definition) is 3. The van der Waals surface area contributed by atoms with E-state index >= 15 is 0 Å². The zero-order valence-electron chi connectivity index (χ0n) is 11.6. The third-order valence-corrected chi connectivity index (χ3v) is 3.22. The molecule has 1 aromatic heterocycles. The smallest absolute Gasteiger partial charge is 0.224 e. The van der Waals surface area contributed by atoms with Gasteiger partial charge >= 0.3 is 0 Å². The molecular weight excluding hydrogens is 288 g/mol. The highest BCUT2D eigenvalue weighted by molar-refractivity contribution is 6.30. The molecule has 0 fully saturated rings. The first-order valence-corrected chi connectivity index (χ1v) is 7.03. The summed E-state index contributed by atoms with van der Waals surface area (Å²) in [4.78, 5) is 18.7. The van der Waals surface area contributed by atoms with Crippen LogP contribution in [-0.4, -0.2) is 15.9 Å². The lowest BCUT2D eigenvalue weighted by Gasteiger charge is -2.04. The molecule has 1 aromatic carbocycles. The fourth-order valence-corrected chi connectivity index (χ4v) is 2.08. The lowest BCUT2D eigenvalue weighted by Crippen LogP contribution is -2.10. The lowest BCUT2D eigenvalue weighted by atomic mass is 10.2. The molecule has 2 N–H and O–H groups in total. The Kier molecular flexibility index (Phi) is 4.96. The Labute approximate surface area is 128 Å². The Morgan fingerprint density at radius 2 is 2.14 bits per heavy atom. The van der Waals surface area contributed by atoms with E-state index in [1.807, 2.05) is 37.3 Å². The lowest BCUT2D eigenvalue weighted by molar-refractivity contribution is -0.116. The van der Waals surface area contributed by atoms with Gasteiger partial charge in [0, 0.05) is 17.7 Å². The predicted molar refractivity (Wildman–Crippen MR) is 81.9 cm³/mol. The van der Waals surface area contributed by atoms with Gasteiger partial charge in [0.25, 0.3) is 0 Å². The molecule has 21 heavy (non-hydrogen) atoms. The molecule has 6 heteroatoms. The minimum absolute atomic E-state index is 0.00241. The van der Waals surface area contributed by atoms with E-state index in [9.17, 15) is 4.79 Å². The maximum absolute atomic E-state index is 11.5. The van der Waals surface area contributed by atoms with Crippen molar-refractivity contribution in [3.8, 4) is 17.5 Å². The van der Waals surface area contributed by atoms with Gasteiger partial charge in [0.05, 0.1) is 18.2 Å². The summed E-state index contributed by atoms with van der Waals surface area (Å²) >= 11 is 5.96. The molecule has 0 aliphatic carbocycles. The second-order valence-electron chi connectivity index (χ2n) is 4.57. The molecule has 0 aliphatic rings. The molecule has 0 saturated heterocycles. The fourth-order valence-electron chi connectivity index (χ4n) is 1.88. The zero-order valence-corrected chi connectivity index (χ0v) is 12.4. The third kappa shape index (κ3) is 3.83. The maximum Gasteiger partial charge on any atom is 0.224 e. The van der Waals surface area contributed by atoms with Crippen molar-refractivity contribution in [1.82, 2.24) is 9.97 Å². The highest BCUT2D eigenvalue weighted by Crippen LogP contribution is 2.23. The van der Waals surface area contributed by atoms with Gasteiger partial charge in [0.1, 0.15) is 5.82 Å². The molecule has 0 aliphatic heterocycles. The number of carbonyl (C=O) groups is 1. The number of rotatable bonds is 5. The summed E-state index contributed by atoms with van der Waals surface area (Å²) in [5.74, 6) is 0.610. The number of nitrogens with one attached hydrogen (secondary N) is 2. The molecule has 2 aromatic rings. The van der Waals surface area contributed by atoms with E-state index < -0.39 is 0 Å². The van der Waals surface area contributed by atoms with Crippen LogP contribution in [0.5, 0.6) is 0 Å². The van der Waals surface area contributed by atoms with Crippen molar-refractivity contribution in [1.29, 1.82) is 5.26 Å². The van der Waals surface area contributed by atoms with Crippen LogP contribution >= 0.6 is 11.6 Å². The zero-order chi connectivity index (χ0) is 15.2. The SMILES string of the molecule is CCCC(=O)Nc1ccc(-c2nc(Cl)c(CC#N)[nH]2)cc1. The minimum Gasteiger partial charge on any atom is -0.340 e. The van der Waals surface area contributed by atoms with E-state index in [2.05, 4.69) is 15.3 Å². The van der Waals surface area contributed by atoms with Crippen molar-refractivity contribution >= 4 is 23.2 Å². The van der Waals surface area contributed by atoms with Crippen LogP contribution < -0.4 is 5.32 Å². The van der Waals surface area contributed by atoms with Crippen molar-refractivity contribution in [2.45, 2.75) is 26.2 Å². The number of H-pyrrole nitrogens is 1. The average Bonchev–Trinajstić information content (AvgIpc) is 2.82.